The van der Waals surface area contributed by atoms with Crippen molar-refractivity contribution in [2.45, 2.75) is 38.1 Å². The highest BCUT2D eigenvalue weighted by Gasteiger charge is 2.29. The Balaban J connectivity index is 1.57. The fraction of sp³-hybridized carbons (Fsp3) is 0.846. The van der Waals surface area contributed by atoms with Crippen molar-refractivity contribution in [1.29, 1.82) is 0 Å². The molecule has 0 spiro atoms. The van der Waals surface area contributed by atoms with Crippen LogP contribution in [0, 0.1) is 5.92 Å². The molecule has 0 radical (unpaired) electrons. The van der Waals surface area contributed by atoms with Gasteiger partial charge in [-0.05, 0) is 32.2 Å². The number of carbonyl (C=O) groups excluding carboxylic acids is 2. The van der Waals surface area contributed by atoms with Gasteiger partial charge in [-0.15, -0.1) is 0 Å². The van der Waals surface area contributed by atoms with Crippen molar-refractivity contribution < 1.29 is 9.59 Å². The molecule has 1 atom stereocenters. The smallest absolute Gasteiger partial charge is 0.223 e. The zero-order chi connectivity index (χ0) is 13.0. The molecule has 1 aliphatic carbocycles. The monoisotopic (exact) mass is 253 g/mol. The van der Waals surface area contributed by atoms with Gasteiger partial charge in [0.1, 0.15) is 0 Å². The van der Waals surface area contributed by atoms with Gasteiger partial charge in [0.05, 0.1) is 0 Å². The highest BCUT2D eigenvalue weighted by molar-refractivity contribution is 5.81. The molecule has 1 heterocycles. The predicted molar refractivity (Wildman–Crippen MR) is 69.0 cm³/mol. The summed E-state index contributed by atoms with van der Waals surface area (Å²) in [4.78, 5) is 25.1. The number of hydrogen-bond donors (Lipinski definition) is 2. The summed E-state index contributed by atoms with van der Waals surface area (Å²) < 4.78 is 0. The van der Waals surface area contributed by atoms with Gasteiger partial charge in [0, 0.05) is 38.5 Å². The van der Waals surface area contributed by atoms with Gasteiger partial charge in [0.15, 0.2) is 0 Å². The van der Waals surface area contributed by atoms with Crippen LogP contribution in [0.25, 0.3) is 0 Å². The third-order valence-corrected chi connectivity index (χ3v) is 3.79. The Kier molecular flexibility index (Phi) is 4.58. The minimum absolute atomic E-state index is 0.163. The maximum Gasteiger partial charge on any atom is 0.223 e. The number of likely N-dealkylation sites (N-methyl/N-ethyl adjacent to an activating group) is 1. The van der Waals surface area contributed by atoms with E-state index in [0.717, 1.165) is 38.8 Å². The van der Waals surface area contributed by atoms with Crippen LogP contribution in [-0.2, 0) is 9.59 Å². The van der Waals surface area contributed by atoms with E-state index in [4.69, 9.17) is 0 Å². The zero-order valence-corrected chi connectivity index (χ0v) is 11.1. The Labute approximate surface area is 108 Å². The van der Waals surface area contributed by atoms with Crippen molar-refractivity contribution in [3.8, 4) is 0 Å². The van der Waals surface area contributed by atoms with E-state index >= 15 is 0 Å². The van der Waals surface area contributed by atoms with Crippen molar-refractivity contribution in [3.05, 3.63) is 0 Å². The summed E-state index contributed by atoms with van der Waals surface area (Å²) in [6.07, 6.45) is 4.37. The average molecular weight is 253 g/mol. The largest absolute Gasteiger partial charge is 0.356 e. The van der Waals surface area contributed by atoms with Gasteiger partial charge >= 0.3 is 0 Å². The van der Waals surface area contributed by atoms with Gasteiger partial charge in [-0.1, -0.05) is 0 Å². The molecular formula is C13H23N3O2. The van der Waals surface area contributed by atoms with E-state index in [0.29, 0.717) is 19.0 Å². The van der Waals surface area contributed by atoms with Crippen LogP contribution in [0.4, 0.5) is 0 Å². The Morgan fingerprint density at radius 3 is 2.72 bits per heavy atom. The summed E-state index contributed by atoms with van der Waals surface area (Å²) in [6.45, 7) is 2.53. The first kappa shape index (κ1) is 13.3. The van der Waals surface area contributed by atoms with Crippen LogP contribution in [0.5, 0.6) is 0 Å². The third-order valence-electron chi connectivity index (χ3n) is 3.79. The van der Waals surface area contributed by atoms with Crippen molar-refractivity contribution in [1.82, 2.24) is 15.5 Å². The summed E-state index contributed by atoms with van der Waals surface area (Å²) in [7, 11) is 1.88. The number of hydrogen-bond acceptors (Lipinski definition) is 3. The molecule has 102 valence electrons. The highest BCUT2D eigenvalue weighted by atomic mass is 16.2. The Bertz CT molecular complexity index is 309. The van der Waals surface area contributed by atoms with Crippen LogP contribution in [0.1, 0.15) is 32.1 Å². The molecular weight excluding hydrogens is 230 g/mol. The van der Waals surface area contributed by atoms with Gasteiger partial charge in [-0.25, -0.2) is 0 Å². The lowest BCUT2D eigenvalue weighted by Crippen LogP contribution is -2.38. The number of rotatable bonds is 6. The van der Waals surface area contributed by atoms with Gasteiger partial charge in [0.25, 0.3) is 0 Å². The van der Waals surface area contributed by atoms with Crippen LogP contribution in [0.15, 0.2) is 0 Å². The third kappa shape index (κ3) is 3.70. The summed E-state index contributed by atoms with van der Waals surface area (Å²) in [5.41, 5.74) is 0. The number of nitrogens with zero attached hydrogens (tertiary/aromatic N) is 1. The van der Waals surface area contributed by atoms with E-state index in [1.54, 1.807) is 0 Å². The molecule has 0 aromatic heterocycles. The fourth-order valence-electron chi connectivity index (χ4n) is 2.29. The molecule has 0 bridgehead atoms. The molecule has 0 aromatic rings. The summed E-state index contributed by atoms with van der Waals surface area (Å²) >= 11 is 0. The van der Waals surface area contributed by atoms with E-state index in [-0.39, 0.29) is 17.7 Å². The first-order valence-corrected chi connectivity index (χ1v) is 6.92. The van der Waals surface area contributed by atoms with Crippen LogP contribution < -0.4 is 10.6 Å². The molecule has 1 aliphatic heterocycles. The minimum atomic E-state index is 0.163. The summed E-state index contributed by atoms with van der Waals surface area (Å²) in [5, 5.41) is 6.15. The lowest BCUT2D eigenvalue weighted by Gasteiger charge is -2.23. The number of carbonyl (C=O) groups is 2. The minimum Gasteiger partial charge on any atom is -0.356 e. The highest BCUT2D eigenvalue weighted by Crippen LogP contribution is 2.28. The topological polar surface area (TPSA) is 61.4 Å². The SMILES string of the molecule is CN(C(=O)CCCNC(=O)C1CC1)C1CCNC1. The second-order valence-electron chi connectivity index (χ2n) is 5.32. The maximum absolute atomic E-state index is 11.9. The fourth-order valence-corrected chi connectivity index (χ4v) is 2.29. The quantitative estimate of drug-likeness (QED) is 0.661. The molecule has 2 fully saturated rings. The van der Waals surface area contributed by atoms with Gasteiger partial charge in [0.2, 0.25) is 11.8 Å². The molecule has 5 heteroatoms. The molecule has 1 saturated carbocycles. The Morgan fingerprint density at radius 1 is 1.33 bits per heavy atom. The molecule has 2 amide bonds. The molecule has 1 unspecified atom stereocenters. The van der Waals surface area contributed by atoms with Gasteiger partial charge < -0.3 is 15.5 Å². The van der Waals surface area contributed by atoms with E-state index in [9.17, 15) is 9.59 Å². The summed E-state index contributed by atoms with van der Waals surface area (Å²) in [6, 6.07) is 0.346. The van der Waals surface area contributed by atoms with Gasteiger partial charge in [-0.3, -0.25) is 9.59 Å². The molecule has 5 nitrogen and oxygen atoms in total. The van der Waals surface area contributed by atoms with Crippen molar-refractivity contribution >= 4 is 11.8 Å². The zero-order valence-electron chi connectivity index (χ0n) is 11.1. The molecule has 2 aliphatic rings. The van der Waals surface area contributed by atoms with E-state index in [1.165, 1.54) is 0 Å². The van der Waals surface area contributed by atoms with Gasteiger partial charge in [-0.2, -0.15) is 0 Å². The summed E-state index contributed by atoms with van der Waals surface area (Å²) in [5.74, 6) is 0.605. The normalized spacial score (nSPS) is 22.8. The lowest BCUT2D eigenvalue weighted by atomic mass is 10.2. The molecule has 2 rings (SSSR count). The predicted octanol–water partition coefficient (Wildman–Crippen LogP) is 0.113. The molecule has 18 heavy (non-hydrogen) atoms. The first-order valence-electron chi connectivity index (χ1n) is 6.92. The second-order valence-corrected chi connectivity index (χ2v) is 5.32. The van der Waals surface area contributed by atoms with Crippen LogP contribution in [0.2, 0.25) is 0 Å². The second kappa shape index (κ2) is 6.18. The Morgan fingerprint density at radius 2 is 2.11 bits per heavy atom. The average Bonchev–Trinajstić information content (AvgIpc) is 3.08. The van der Waals surface area contributed by atoms with E-state index in [2.05, 4.69) is 10.6 Å². The van der Waals surface area contributed by atoms with Crippen LogP contribution in [0.3, 0.4) is 0 Å². The van der Waals surface area contributed by atoms with Crippen molar-refractivity contribution in [2.24, 2.45) is 5.92 Å². The van der Waals surface area contributed by atoms with E-state index in [1.807, 2.05) is 11.9 Å². The number of nitrogens with one attached hydrogen (secondary N) is 2. The van der Waals surface area contributed by atoms with Crippen molar-refractivity contribution in [3.63, 3.8) is 0 Å². The molecule has 1 saturated heterocycles. The van der Waals surface area contributed by atoms with Crippen molar-refractivity contribution in [2.75, 3.05) is 26.7 Å². The Hall–Kier alpha value is -1.10. The van der Waals surface area contributed by atoms with Crippen LogP contribution in [-0.4, -0.2) is 49.4 Å². The molecule has 2 N–H and O–H groups in total. The van der Waals surface area contributed by atoms with Crippen LogP contribution >= 0.6 is 0 Å². The maximum atomic E-state index is 11.9. The first-order chi connectivity index (χ1) is 8.68. The van der Waals surface area contributed by atoms with E-state index < -0.39 is 0 Å². The standard InChI is InChI=1S/C13H23N3O2/c1-16(11-6-8-14-9-11)12(17)3-2-7-15-13(18)10-4-5-10/h10-11,14H,2-9H2,1H3,(H,15,18). The number of amides is 2. The lowest BCUT2D eigenvalue weighted by molar-refractivity contribution is -0.132. The molecule has 0 aromatic carbocycles.